The number of nitrogen functional groups attached to an aromatic ring is 1. The quantitative estimate of drug-likeness (QED) is 0.916. The van der Waals surface area contributed by atoms with E-state index in [0.717, 1.165) is 25.7 Å². The molecule has 0 unspecified atom stereocenters. The van der Waals surface area contributed by atoms with Crippen molar-refractivity contribution in [3.8, 4) is 0 Å². The number of sulfonamides is 1. The van der Waals surface area contributed by atoms with Crippen LogP contribution in [-0.2, 0) is 10.0 Å². The number of nitrogens with two attached hydrogens (primary N) is 1. The van der Waals surface area contributed by atoms with Crippen LogP contribution in [0.25, 0.3) is 0 Å². The molecule has 20 heavy (non-hydrogen) atoms. The van der Waals surface area contributed by atoms with Gasteiger partial charge in [0.05, 0.1) is 12.4 Å². The van der Waals surface area contributed by atoms with Crippen LogP contribution in [0, 0.1) is 5.41 Å². The summed E-state index contributed by atoms with van der Waals surface area (Å²) in [5, 5.41) is 0. The molecule has 0 spiro atoms. The molecule has 112 valence electrons. The first-order valence-electron chi connectivity index (χ1n) is 6.78. The van der Waals surface area contributed by atoms with Crippen LogP contribution < -0.4 is 5.73 Å². The maximum absolute atomic E-state index is 12.5. The fraction of sp³-hybridized carbons (Fsp3) is 0.692. The number of hydrogen-bond donors (Lipinski definition) is 1. The van der Waals surface area contributed by atoms with Gasteiger partial charge < -0.3 is 5.73 Å². The number of hydrogen-bond acceptors (Lipinski definition) is 5. The molecule has 2 N–H and O–H groups in total. The van der Waals surface area contributed by atoms with E-state index in [0.29, 0.717) is 5.41 Å². The van der Waals surface area contributed by atoms with Crippen LogP contribution in [0.5, 0.6) is 0 Å². The van der Waals surface area contributed by atoms with Crippen LogP contribution in [0.3, 0.4) is 0 Å². The van der Waals surface area contributed by atoms with Crippen LogP contribution in [0.1, 0.15) is 39.5 Å². The molecule has 2 rings (SSSR count). The molecule has 1 aromatic heterocycles. The van der Waals surface area contributed by atoms with Gasteiger partial charge in [0.1, 0.15) is 4.90 Å². The Balaban J connectivity index is 2.16. The van der Waals surface area contributed by atoms with Crippen molar-refractivity contribution in [1.29, 1.82) is 0 Å². The van der Waals surface area contributed by atoms with E-state index in [2.05, 4.69) is 23.8 Å². The molecule has 7 heteroatoms. The van der Waals surface area contributed by atoms with Gasteiger partial charge in [-0.05, 0) is 31.1 Å². The summed E-state index contributed by atoms with van der Waals surface area (Å²) in [5.41, 5.74) is 5.70. The van der Waals surface area contributed by atoms with E-state index in [1.807, 2.05) is 0 Å². The standard InChI is InChI=1S/C13H22N4O2S/c1-13(2)6-4-10(5-7-13)17(3)20(18,19)11-8-15-12(14)16-9-11/h8-10H,4-7H2,1-3H3,(H2,14,15,16). The van der Waals surface area contributed by atoms with Gasteiger partial charge in [-0.15, -0.1) is 0 Å². The maximum Gasteiger partial charge on any atom is 0.246 e. The molecule has 0 saturated heterocycles. The minimum atomic E-state index is -3.54. The first-order chi connectivity index (χ1) is 9.22. The molecule has 0 atom stereocenters. The Labute approximate surface area is 120 Å². The van der Waals surface area contributed by atoms with Crippen molar-refractivity contribution < 1.29 is 8.42 Å². The zero-order chi connectivity index (χ0) is 15.0. The van der Waals surface area contributed by atoms with Gasteiger partial charge in [-0.25, -0.2) is 18.4 Å². The summed E-state index contributed by atoms with van der Waals surface area (Å²) in [6.07, 6.45) is 6.38. The molecule has 0 bridgehead atoms. The van der Waals surface area contributed by atoms with Gasteiger partial charge in [0.25, 0.3) is 0 Å². The van der Waals surface area contributed by atoms with E-state index < -0.39 is 10.0 Å². The van der Waals surface area contributed by atoms with E-state index in [-0.39, 0.29) is 16.9 Å². The lowest BCUT2D eigenvalue weighted by Crippen LogP contribution is -2.40. The molecule has 0 aromatic carbocycles. The highest BCUT2D eigenvalue weighted by atomic mass is 32.2. The summed E-state index contributed by atoms with van der Waals surface area (Å²) in [6.45, 7) is 4.46. The molecule has 1 saturated carbocycles. The molecule has 1 heterocycles. The predicted molar refractivity (Wildman–Crippen MR) is 77.4 cm³/mol. The zero-order valence-electron chi connectivity index (χ0n) is 12.2. The fourth-order valence-electron chi connectivity index (χ4n) is 2.57. The van der Waals surface area contributed by atoms with Gasteiger partial charge in [-0.1, -0.05) is 13.8 Å². The van der Waals surface area contributed by atoms with E-state index in [1.165, 1.54) is 16.7 Å². The molecule has 1 aliphatic rings. The van der Waals surface area contributed by atoms with Gasteiger partial charge >= 0.3 is 0 Å². The smallest absolute Gasteiger partial charge is 0.246 e. The molecule has 0 amide bonds. The van der Waals surface area contributed by atoms with Gasteiger partial charge in [-0.2, -0.15) is 4.31 Å². The summed E-state index contributed by atoms with van der Waals surface area (Å²) in [5.74, 6) is 0.0750. The Bertz CT molecular complexity index is 559. The normalized spacial score (nSPS) is 20.2. The van der Waals surface area contributed by atoms with Crippen molar-refractivity contribution in [3.05, 3.63) is 12.4 Å². The van der Waals surface area contributed by atoms with E-state index in [9.17, 15) is 8.42 Å². The average molecular weight is 298 g/mol. The first-order valence-corrected chi connectivity index (χ1v) is 8.22. The predicted octanol–water partition coefficient (Wildman–Crippen LogP) is 1.65. The fourth-order valence-corrected chi connectivity index (χ4v) is 3.88. The second-order valence-corrected chi connectivity index (χ2v) is 8.19. The lowest BCUT2D eigenvalue weighted by Gasteiger charge is -2.37. The van der Waals surface area contributed by atoms with Crippen molar-refractivity contribution in [1.82, 2.24) is 14.3 Å². The van der Waals surface area contributed by atoms with Gasteiger partial charge in [0, 0.05) is 13.1 Å². The number of rotatable bonds is 3. The van der Waals surface area contributed by atoms with Gasteiger partial charge in [0.2, 0.25) is 16.0 Å². The minimum Gasteiger partial charge on any atom is -0.368 e. The maximum atomic E-state index is 12.5. The Morgan fingerprint density at radius 1 is 1.25 bits per heavy atom. The second kappa shape index (κ2) is 5.29. The highest BCUT2D eigenvalue weighted by Crippen LogP contribution is 2.37. The summed E-state index contributed by atoms with van der Waals surface area (Å²) >= 11 is 0. The van der Waals surface area contributed by atoms with Crippen molar-refractivity contribution >= 4 is 16.0 Å². The first kappa shape index (κ1) is 15.2. The van der Waals surface area contributed by atoms with Crippen molar-refractivity contribution in [3.63, 3.8) is 0 Å². The van der Waals surface area contributed by atoms with E-state index >= 15 is 0 Å². The van der Waals surface area contributed by atoms with Crippen molar-refractivity contribution in [2.45, 2.75) is 50.5 Å². The van der Waals surface area contributed by atoms with E-state index in [1.54, 1.807) is 7.05 Å². The largest absolute Gasteiger partial charge is 0.368 e. The van der Waals surface area contributed by atoms with Crippen LogP contribution in [0.4, 0.5) is 5.95 Å². The van der Waals surface area contributed by atoms with Crippen molar-refractivity contribution in [2.24, 2.45) is 5.41 Å². The van der Waals surface area contributed by atoms with Crippen LogP contribution in [-0.4, -0.2) is 35.8 Å². The summed E-state index contributed by atoms with van der Waals surface area (Å²) in [6, 6.07) is 0.0468. The second-order valence-electron chi connectivity index (χ2n) is 6.19. The summed E-state index contributed by atoms with van der Waals surface area (Å²) < 4.78 is 26.5. The minimum absolute atomic E-state index is 0.0468. The van der Waals surface area contributed by atoms with Crippen LogP contribution in [0.15, 0.2) is 17.3 Å². The molecule has 0 aliphatic heterocycles. The van der Waals surface area contributed by atoms with Gasteiger partial charge in [-0.3, -0.25) is 0 Å². The third-order valence-electron chi connectivity index (χ3n) is 4.15. The summed E-state index contributed by atoms with van der Waals surface area (Å²) in [7, 11) is -1.91. The van der Waals surface area contributed by atoms with E-state index in [4.69, 9.17) is 5.73 Å². The lowest BCUT2D eigenvalue weighted by atomic mass is 9.76. The third-order valence-corrected chi connectivity index (χ3v) is 6.01. The van der Waals surface area contributed by atoms with Gasteiger partial charge in [0.15, 0.2) is 0 Å². The Kier molecular flexibility index (Phi) is 4.02. The molecular weight excluding hydrogens is 276 g/mol. The molecule has 1 aromatic rings. The molecule has 6 nitrogen and oxygen atoms in total. The topological polar surface area (TPSA) is 89.2 Å². The zero-order valence-corrected chi connectivity index (χ0v) is 13.0. The Hall–Kier alpha value is -1.21. The number of anilines is 1. The van der Waals surface area contributed by atoms with Crippen LogP contribution >= 0.6 is 0 Å². The Morgan fingerprint density at radius 2 is 1.75 bits per heavy atom. The lowest BCUT2D eigenvalue weighted by molar-refractivity contribution is 0.174. The average Bonchev–Trinajstić information content (AvgIpc) is 2.38. The molecule has 0 radical (unpaired) electrons. The summed E-state index contributed by atoms with van der Waals surface area (Å²) in [4.78, 5) is 7.61. The molecule has 1 fully saturated rings. The molecule has 1 aliphatic carbocycles. The highest BCUT2D eigenvalue weighted by Gasteiger charge is 2.34. The Morgan fingerprint density at radius 3 is 2.25 bits per heavy atom. The highest BCUT2D eigenvalue weighted by molar-refractivity contribution is 7.89. The molecular formula is C13H22N4O2S. The monoisotopic (exact) mass is 298 g/mol. The number of aromatic nitrogens is 2. The third kappa shape index (κ3) is 3.09. The number of nitrogens with zero attached hydrogens (tertiary/aromatic N) is 3. The van der Waals surface area contributed by atoms with Crippen molar-refractivity contribution in [2.75, 3.05) is 12.8 Å². The SMILES string of the molecule is CN(C1CCC(C)(C)CC1)S(=O)(=O)c1cnc(N)nc1. The van der Waals surface area contributed by atoms with Crippen LogP contribution in [0.2, 0.25) is 0 Å².